The van der Waals surface area contributed by atoms with E-state index in [2.05, 4.69) is 21.2 Å². The van der Waals surface area contributed by atoms with E-state index in [1.807, 2.05) is 24.3 Å². The summed E-state index contributed by atoms with van der Waals surface area (Å²) in [5.74, 6) is -1.63. The van der Waals surface area contributed by atoms with Crippen LogP contribution in [0.3, 0.4) is 0 Å². The first kappa shape index (κ1) is 27.8. The third-order valence-corrected chi connectivity index (χ3v) is 6.64. The van der Waals surface area contributed by atoms with Gasteiger partial charge in [0.15, 0.2) is 12.4 Å². The van der Waals surface area contributed by atoms with Crippen molar-refractivity contribution < 1.29 is 23.5 Å². The Hall–Kier alpha value is -3.20. The Balaban J connectivity index is 2.00. The highest BCUT2D eigenvalue weighted by atomic mass is 79.9. The number of rotatable bonds is 6. The minimum Gasteiger partial charge on any atom is -0.456 e. The molecule has 0 atom stereocenters. The van der Waals surface area contributed by atoms with E-state index in [-0.39, 0.29) is 22.9 Å². The van der Waals surface area contributed by atoms with Gasteiger partial charge in [-0.2, -0.15) is 0 Å². The van der Waals surface area contributed by atoms with Gasteiger partial charge in [0.25, 0.3) is 5.91 Å². The molecule has 0 aliphatic heterocycles. The third-order valence-electron chi connectivity index (χ3n) is 5.58. The summed E-state index contributed by atoms with van der Waals surface area (Å²) < 4.78 is 11.6. The molecule has 1 N–H and O–H groups in total. The molecular formula is C28H23BrCl2N2O5. The van der Waals surface area contributed by atoms with E-state index in [0.717, 1.165) is 10.0 Å². The summed E-state index contributed by atoms with van der Waals surface area (Å²) >= 11 is 16.2. The molecule has 2 heterocycles. The summed E-state index contributed by atoms with van der Waals surface area (Å²) in [7, 11) is 0. The maximum atomic E-state index is 13.3. The normalized spacial score (nSPS) is 11.4. The lowest BCUT2D eigenvalue weighted by molar-refractivity contribution is -0.144. The number of anilines is 1. The first-order valence-electron chi connectivity index (χ1n) is 11.5. The van der Waals surface area contributed by atoms with Crippen LogP contribution < -0.4 is 5.32 Å². The zero-order valence-corrected chi connectivity index (χ0v) is 24.0. The number of ketones is 1. The number of hydrogen-bond donors (Lipinski definition) is 1. The SMILES string of the molecule is CC(=O)OCC(=O)Nc1c(C(=O)C(C)(C)C)oc2nc(-c3ccc(Br)cc3Cl)c(-c3ccc(Cl)cc3)cc12. The second-order valence-corrected chi connectivity index (χ2v) is 11.3. The number of carbonyl (C=O) groups excluding carboxylic acids is 3. The van der Waals surface area contributed by atoms with Crippen molar-refractivity contribution in [1.82, 2.24) is 4.98 Å². The van der Waals surface area contributed by atoms with Crippen molar-refractivity contribution in [3.63, 3.8) is 0 Å². The number of halogens is 3. The van der Waals surface area contributed by atoms with Crippen LogP contribution in [0.2, 0.25) is 10.0 Å². The molecule has 0 spiro atoms. The fraction of sp³-hybridized carbons (Fsp3) is 0.214. The zero-order chi connectivity index (χ0) is 27.8. The van der Waals surface area contributed by atoms with E-state index < -0.39 is 23.9 Å². The molecular weight excluding hydrogens is 595 g/mol. The number of hydrogen-bond acceptors (Lipinski definition) is 6. The fourth-order valence-electron chi connectivity index (χ4n) is 3.73. The summed E-state index contributed by atoms with van der Waals surface area (Å²) in [6, 6.07) is 14.4. The van der Waals surface area contributed by atoms with Crippen molar-refractivity contribution in [3.05, 3.63) is 68.8 Å². The van der Waals surface area contributed by atoms with Gasteiger partial charge < -0.3 is 14.5 Å². The largest absolute Gasteiger partial charge is 0.456 e. The van der Waals surface area contributed by atoms with Gasteiger partial charge in [0.2, 0.25) is 11.5 Å². The number of nitrogens with zero attached hydrogens (tertiary/aromatic N) is 1. The van der Waals surface area contributed by atoms with E-state index in [1.165, 1.54) is 6.92 Å². The third kappa shape index (κ3) is 5.93. The van der Waals surface area contributed by atoms with Crippen LogP contribution in [-0.2, 0) is 14.3 Å². The van der Waals surface area contributed by atoms with Crippen molar-refractivity contribution in [3.8, 4) is 22.4 Å². The van der Waals surface area contributed by atoms with E-state index in [0.29, 0.717) is 32.3 Å². The van der Waals surface area contributed by atoms with E-state index in [9.17, 15) is 14.4 Å². The van der Waals surface area contributed by atoms with Gasteiger partial charge in [-0.3, -0.25) is 14.4 Å². The molecule has 0 unspecified atom stereocenters. The predicted molar refractivity (Wildman–Crippen MR) is 152 cm³/mol. The number of esters is 1. The average Bonchev–Trinajstić information content (AvgIpc) is 3.18. The van der Waals surface area contributed by atoms with Crippen LogP contribution in [0.4, 0.5) is 5.69 Å². The van der Waals surface area contributed by atoms with Crippen molar-refractivity contribution >= 4 is 73.6 Å². The van der Waals surface area contributed by atoms with E-state index >= 15 is 0 Å². The highest BCUT2D eigenvalue weighted by molar-refractivity contribution is 9.10. The molecule has 0 radical (unpaired) electrons. The van der Waals surface area contributed by atoms with Crippen LogP contribution in [0.5, 0.6) is 0 Å². The summed E-state index contributed by atoms with van der Waals surface area (Å²) in [5, 5.41) is 4.10. The Labute approximate surface area is 237 Å². The molecule has 0 aliphatic carbocycles. The molecule has 38 heavy (non-hydrogen) atoms. The lowest BCUT2D eigenvalue weighted by Gasteiger charge is -2.15. The van der Waals surface area contributed by atoms with Gasteiger partial charge in [0.05, 0.1) is 16.1 Å². The molecule has 0 bridgehead atoms. The molecule has 0 saturated carbocycles. The number of amides is 1. The first-order chi connectivity index (χ1) is 17.8. The van der Waals surface area contributed by atoms with Gasteiger partial charge in [-0.15, -0.1) is 0 Å². The number of benzene rings is 2. The summed E-state index contributed by atoms with van der Waals surface area (Å²) in [6.45, 7) is 5.91. The van der Waals surface area contributed by atoms with Gasteiger partial charge in [0.1, 0.15) is 5.69 Å². The molecule has 10 heteroatoms. The summed E-state index contributed by atoms with van der Waals surface area (Å²) in [6.07, 6.45) is 0. The van der Waals surface area contributed by atoms with E-state index in [4.69, 9.17) is 37.3 Å². The highest BCUT2D eigenvalue weighted by Crippen LogP contribution is 2.42. The maximum Gasteiger partial charge on any atom is 0.303 e. The number of pyridine rings is 1. The zero-order valence-electron chi connectivity index (χ0n) is 20.9. The predicted octanol–water partition coefficient (Wildman–Crippen LogP) is 7.96. The number of furan rings is 1. The minimum atomic E-state index is -0.819. The smallest absolute Gasteiger partial charge is 0.303 e. The van der Waals surface area contributed by atoms with Crippen molar-refractivity contribution in [2.24, 2.45) is 5.41 Å². The monoisotopic (exact) mass is 616 g/mol. The van der Waals surface area contributed by atoms with Crippen molar-refractivity contribution in [1.29, 1.82) is 0 Å². The van der Waals surface area contributed by atoms with Crippen LogP contribution in [-0.4, -0.2) is 29.3 Å². The minimum absolute atomic E-state index is 0.0581. The topological polar surface area (TPSA) is 98.5 Å². The molecule has 1 amide bonds. The second-order valence-electron chi connectivity index (χ2n) is 9.58. The standard InChI is InChI=1S/C28H23BrCl2N2O5/c1-14(34)37-13-22(35)32-24-20-12-19(15-5-8-17(30)9-6-15)23(18-10-7-16(29)11-21(18)31)33-27(20)38-25(24)26(36)28(2,3)4/h5-12H,13H2,1-4H3,(H,32,35). The number of ether oxygens (including phenoxy) is 1. The molecule has 196 valence electrons. The van der Waals surface area contributed by atoms with Crippen LogP contribution in [0.15, 0.2) is 57.4 Å². The highest BCUT2D eigenvalue weighted by Gasteiger charge is 2.32. The Morgan fingerprint density at radius 3 is 2.32 bits per heavy atom. The van der Waals surface area contributed by atoms with Crippen molar-refractivity contribution in [2.75, 3.05) is 11.9 Å². The number of Topliss-reactive ketones (excluding diaryl/α,β-unsaturated/α-hetero) is 1. The number of aromatic nitrogens is 1. The molecule has 0 fully saturated rings. The van der Waals surface area contributed by atoms with Crippen LogP contribution in [0.1, 0.15) is 38.2 Å². The van der Waals surface area contributed by atoms with Crippen LogP contribution in [0, 0.1) is 5.41 Å². The van der Waals surface area contributed by atoms with Crippen molar-refractivity contribution in [2.45, 2.75) is 27.7 Å². The molecule has 0 saturated heterocycles. The molecule has 4 rings (SSSR count). The molecule has 4 aromatic rings. The summed E-state index contributed by atoms with van der Waals surface area (Å²) in [5.41, 5.74) is 2.06. The Kier molecular flexibility index (Phi) is 7.97. The number of carbonyl (C=O) groups is 3. The quantitative estimate of drug-likeness (QED) is 0.174. The van der Waals surface area contributed by atoms with Gasteiger partial charge in [-0.05, 0) is 35.9 Å². The molecule has 2 aromatic heterocycles. The van der Waals surface area contributed by atoms with Gasteiger partial charge >= 0.3 is 5.97 Å². The molecule has 7 nitrogen and oxygen atoms in total. The Morgan fingerprint density at radius 2 is 1.71 bits per heavy atom. The first-order valence-corrected chi connectivity index (χ1v) is 13.1. The number of fused-ring (bicyclic) bond motifs is 1. The van der Waals surface area contributed by atoms with Gasteiger partial charge in [0, 0.05) is 33.0 Å². The lowest BCUT2D eigenvalue weighted by atomic mass is 9.88. The summed E-state index contributed by atoms with van der Waals surface area (Å²) in [4.78, 5) is 42.0. The maximum absolute atomic E-state index is 13.3. The molecule has 2 aromatic carbocycles. The fourth-order valence-corrected chi connectivity index (χ4v) is 4.62. The van der Waals surface area contributed by atoms with Crippen LogP contribution >= 0.6 is 39.1 Å². The van der Waals surface area contributed by atoms with Gasteiger partial charge in [-0.25, -0.2) is 4.98 Å². The number of nitrogens with one attached hydrogen (secondary N) is 1. The molecule has 0 aliphatic rings. The van der Waals surface area contributed by atoms with Gasteiger partial charge in [-0.1, -0.05) is 78.1 Å². The average molecular weight is 618 g/mol. The lowest BCUT2D eigenvalue weighted by Crippen LogP contribution is -2.24. The Bertz CT molecular complexity index is 1570. The Morgan fingerprint density at radius 1 is 1.03 bits per heavy atom. The van der Waals surface area contributed by atoms with E-state index in [1.54, 1.807) is 45.0 Å². The second kappa shape index (κ2) is 10.9. The van der Waals surface area contributed by atoms with Crippen LogP contribution in [0.25, 0.3) is 33.5 Å².